The van der Waals surface area contributed by atoms with Crippen molar-refractivity contribution in [1.29, 1.82) is 0 Å². The lowest BCUT2D eigenvalue weighted by Gasteiger charge is -2.26. The summed E-state index contributed by atoms with van der Waals surface area (Å²) in [5.41, 5.74) is 6.19. The van der Waals surface area contributed by atoms with Crippen LogP contribution < -0.4 is 5.73 Å². The van der Waals surface area contributed by atoms with E-state index in [1.54, 1.807) is 4.31 Å². The maximum atomic E-state index is 12.8. The molecule has 0 spiro atoms. The average Bonchev–Trinajstić information content (AvgIpc) is 3.01. The Morgan fingerprint density at radius 1 is 1.25 bits per heavy atom. The van der Waals surface area contributed by atoms with Gasteiger partial charge in [0, 0.05) is 24.2 Å². The smallest absolute Gasteiger partial charge is 0.244 e. The van der Waals surface area contributed by atoms with Crippen molar-refractivity contribution in [2.75, 3.05) is 6.54 Å². The molecule has 0 aromatic heterocycles. The van der Waals surface area contributed by atoms with Gasteiger partial charge >= 0.3 is 0 Å². The van der Waals surface area contributed by atoms with Gasteiger partial charge < -0.3 is 5.73 Å². The molecule has 1 aromatic carbocycles. The van der Waals surface area contributed by atoms with E-state index in [0.29, 0.717) is 23.0 Å². The van der Waals surface area contributed by atoms with Crippen molar-refractivity contribution < 1.29 is 8.42 Å². The van der Waals surface area contributed by atoms with E-state index in [1.807, 2.05) is 0 Å². The van der Waals surface area contributed by atoms with Gasteiger partial charge in [0.05, 0.1) is 5.02 Å². The topological polar surface area (TPSA) is 63.4 Å². The summed E-state index contributed by atoms with van der Waals surface area (Å²) in [6.07, 6.45) is 3.03. The van der Waals surface area contributed by atoms with Crippen LogP contribution in [0, 0.1) is 5.92 Å². The summed E-state index contributed by atoms with van der Waals surface area (Å²) in [5, 5.41) is 0.564. The van der Waals surface area contributed by atoms with Crippen LogP contribution in [-0.2, 0) is 16.6 Å². The first kappa shape index (κ1) is 14.6. The van der Waals surface area contributed by atoms with Gasteiger partial charge in [-0.15, -0.1) is 0 Å². The zero-order chi connectivity index (χ0) is 14.5. The zero-order valence-electron chi connectivity index (χ0n) is 10.9. The lowest BCUT2D eigenvalue weighted by atomic mass is 10.1. The fourth-order valence-electron chi connectivity index (χ4n) is 3.23. The molecule has 4 nitrogen and oxygen atoms in total. The molecule has 1 heterocycles. The molecular formula is C13H16Cl2N2O2S. The van der Waals surface area contributed by atoms with E-state index < -0.39 is 10.0 Å². The number of halogens is 2. The van der Waals surface area contributed by atoms with E-state index in [1.165, 1.54) is 12.1 Å². The minimum Gasteiger partial charge on any atom is -0.326 e. The molecule has 2 fully saturated rings. The second kappa shape index (κ2) is 5.14. The molecular weight excluding hydrogens is 319 g/mol. The summed E-state index contributed by atoms with van der Waals surface area (Å²) in [7, 11) is -3.56. The molecule has 1 aliphatic heterocycles. The fraction of sp³-hybridized carbons (Fsp3) is 0.538. The fourth-order valence-corrected chi connectivity index (χ4v) is 5.82. The summed E-state index contributed by atoms with van der Waals surface area (Å²) >= 11 is 12.1. The van der Waals surface area contributed by atoms with E-state index in [9.17, 15) is 8.42 Å². The van der Waals surface area contributed by atoms with Gasteiger partial charge in [0.2, 0.25) is 10.0 Å². The van der Waals surface area contributed by atoms with Crippen LogP contribution in [0.25, 0.3) is 0 Å². The number of rotatable bonds is 3. The van der Waals surface area contributed by atoms with Crippen molar-refractivity contribution in [3.05, 3.63) is 27.7 Å². The molecule has 1 aromatic rings. The molecule has 3 rings (SSSR count). The Morgan fingerprint density at radius 2 is 2.00 bits per heavy atom. The standard InChI is InChI=1S/C13H16Cl2N2O2S/c14-11-5-12(15)13(4-9(11)6-16)20(18,19)17-7-8-1-2-10(17)3-8/h4-5,8,10H,1-3,6-7,16H2. The minimum absolute atomic E-state index is 0.122. The Hall–Kier alpha value is -0.330. The third-order valence-electron chi connectivity index (χ3n) is 4.27. The Kier molecular flexibility index (Phi) is 3.75. The van der Waals surface area contributed by atoms with Crippen molar-refractivity contribution in [2.45, 2.75) is 36.7 Å². The second-order valence-corrected chi connectivity index (χ2v) is 8.16. The van der Waals surface area contributed by atoms with E-state index in [-0.39, 0.29) is 22.5 Å². The molecule has 2 unspecified atom stereocenters. The number of piperidine rings is 1. The van der Waals surface area contributed by atoms with Crippen molar-refractivity contribution in [1.82, 2.24) is 4.31 Å². The first-order chi connectivity index (χ1) is 9.43. The number of nitrogens with two attached hydrogens (primary N) is 1. The highest BCUT2D eigenvalue weighted by Gasteiger charge is 2.44. The van der Waals surface area contributed by atoms with Gasteiger partial charge in [-0.3, -0.25) is 0 Å². The van der Waals surface area contributed by atoms with Gasteiger partial charge in [-0.25, -0.2) is 8.42 Å². The van der Waals surface area contributed by atoms with Gasteiger partial charge in [-0.1, -0.05) is 23.2 Å². The maximum absolute atomic E-state index is 12.8. The quantitative estimate of drug-likeness (QED) is 0.924. The molecule has 0 radical (unpaired) electrons. The first-order valence-electron chi connectivity index (χ1n) is 6.63. The second-order valence-electron chi connectivity index (χ2n) is 5.49. The van der Waals surface area contributed by atoms with Crippen molar-refractivity contribution in [3.8, 4) is 0 Å². The van der Waals surface area contributed by atoms with Crippen molar-refractivity contribution >= 4 is 33.2 Å². The van der Waals surface area contributed by atoms with Crippen LogP contribution in [0.4, 0.5) is 0 Å². The van der Waals surface area contributed by atoms with Crippen LogP contribution in [-0.4, -0.2) is 25.3 Å². The van der Waals surface area contributed by atoms with Crippen LogP contribution in [0.1, 0.15) is 24.8 Å². The number of hydrogen-bond acceptors (Lipinski definition) is 3. The summed E-state index contributed by atoms with van der Waals surface area (Å²) in [6, 6.07) is 3.09. The van der Waals surface area contributed by atoms with Gasteiger partial charge in [0.25, 0.3) is 0 Å². The average molecular weight is 335 g/mol. The van der Waals surface area contributed by atoms with Crippen LogP contribution in [0.3, 0.4) is 0 Å². The molecule has 2 bridgehead atoms. The lowest BCUT2D eigenvalue weighted by molar-refractivity contribution is 0.333. The highest BCUT2D eigenvalue weighted by Crippen LogP contribution is 2.42. The third kappa shape index (κ3) is 2.25. The monoisotopic (exact) mass is 334 g/mol. The van der Waals surface area contributed by atoms with Crippen LogP contribution in [0.2, 0.25) is 10.0 Å². The highest BCUT2D eigenvalue weighted by atomic mass is 35.5. The minimum atomic E-state index is -3.56. The molecule has 1 saturated heterocycles. The van der Waals surface area contributed by atoms with E-state index >= 15 is 0 Å². The molecule has 2 N–H and O–H groups in total. The van der Waals surface area contributed by atoms with Gasteiger partial charge in [0.1, 0.15) is 4.90 Å². The Bertz CT molecular complexity index is 648. The van der Waals surface area contributed by atoms with Crippen molar-refractivity contribution in [3.63, 3.8) is 0 Å². The SMILES string of the molecule is NCc1cc(S(=O)(=O)N2CC3CCC2C3)c(Cl)cc1Cl. The molecule has 110 valence electrons. The van der Waals surface area contributed by atoms with Gasteiger partial charge in [0.15, 0.2) is 0 Å². The lowest BCUT2D eigenvalue weighted by Crippen LogP contribution is -2.37. The zero-order valence-corrected chi connectivity index (χ0v) is 13.2. The Morgan fingerprint density at radius 3 is 2.55 bits per heavy atom. The van der Waals surface area contributed by atoms with E-state index in [0.717, 1.165) is 19.3 Å². The number of nitrogens with zero attached hydrogens (tertiary/aromatic N) is 1. The van der Waals surface area contributed by atoms with Gasteiger partial charge in [-0.05, 0) is 42.9 Å². The van der Waals surface area contributed by atoms with Crippen LogP contribution >= 0.6 is 23.2 Å². The Labute approximate surface area is 128 Å². The number of sulfonamides is 1. The van der Waals surface area contributed by atoms with E-state index in [2.05, 4.69) is 0 Å². The predicted molar refractivity (Wildman–Crippen MR) is 79.4 cm³/mol. The highest BCUT2D eigenvalue weighted by molar-refractivity contribution is 7.89. The molecule has 2 atom stereocenters. The first-order valence-corrected chi connectivity index (χ1v) is 8.83. The normalized spacial score (nSPS) is 26.4. The predicted octanol–water partition coefficient (Wildman–Crippen LogP) is 2.63. The van der Waals surface area contributed by atoms with Crippen LogP contribution in [0.15, 0.2) is 17.0 Å². The molecule has 2 aliphatic rings. The molecule has 1 saturated carbocycles. The van der Waals surface area contributed by atoms with Gasteiger partial charge in [-0.2, -0.15) is 4.31 Å². The summed E-state index contributed by atoms with van der Waals surface area (Å²) < 4.78 is 27.2. The summed E-state index contributed by atoms with van der Waals surface area (Å²) in [6.45, 7) is 0.786. The third-order valence-corrected chi connectivity index (χ3v) is 7.00. The Balaban J connectivity index is 2.03. The van der Waals surface area contributed by atoms with Crippen molar-refractivity contribution in [2.24, 2.45) is 11.7 Å². The molecule has 1 aliphatic carbocycles. The maximum Gasteiger partial charge on any atom is 0.244 e. The number of fused-ring (bicyclic) bond motifs is 2. The number of hydrogen-bond donors (Lipinski definition) is 1. The molecule has 0 amide bonds. The molecule has 7 heteroatoms. The largest absolute Gasteiger partial charge is 0.326 e. The molecule has 20 heavy (non-hydrogen) atoms. The summed E-state index contributed by atoms with van der Waals surface area (Å²) in [5.74, 6) is 0.495. The van der Waals surface area contributed by atoms with E-state index in [4.69, 9.17) is 28.9 Å². The number of benzene rings is 1. The van der Waals surface area contributed by atoms with Crippen LogP contribution in [0.5, 0.6) is 0 Å². The summed E-state index contributed by atoms with van der Waals surface area (Å²) in [4.78, 5) is 0.122.